The second-order valence-electron chi connectivity index (χ2n) is 2.08. The van der Waals surface area contributed by atoms with E-state index in [2.05, 4.69) is 15.1 Å². The van der Waals surface area contributed by atoms with Gasteiger partial charge in [0, 0.05) is 31.8 Å². The van der Waals surface area contributed by atoms with Crippen LogP contribution in [0.5, 0.6) is 0 Å². The van der Waals surface area contributed by atoms with Crippen LogP contribution in [0.3, 0.4) is 0 Å². The molecule has 0 aromatic carbocycles. The summed E-state index contributed by atoms with van der Waals surface area (Å²) in [6.45, 7) is 0. The molecule has 0 aliphatic rings. The SMILES string of the molecule is Cn1cccn1.c1cncnc1. The molecule has 2 aromatic rings. The Morgan fingerprint density at radius 1 is 1.00 bits per heavy atom. The summed E-state index contributed by atoms with van der Waals surface area (Å²) in [7, 11) is 1.89. The number of hydrogen-bond donors (Lipinski definition) is 0. The van der Waals surface area contributed by atoms with Gasteiger partial charge in [-0.1, -0.05) is 0 Å². The summed E-state index contributed by atoms with van der Waals surface area (Å²) in [5, 5.41) is 3.83. The summed E-state index contributed by atoms with van der Waals surface area (Å²) in [4.78, 5) is 7.35. The summed E-state index contributed by atoms with van der Waals surface area (Å²) in [5.41, 5.74) is 0. The van der Waals surface area contributed by atoms with Gasteiger partial charge in [-0.3, -0.25) is 4.68 Å². The highest BCUT2D eigenvalue weighted by atomic mass is 15.2. The lowest BCUT2D eigenvalue weighted by atomic mass is 10.7. The molecule has 0 aliphatic heterocycles. The zero-order valence-electron chi connectivity index (χ0n) is 6.83. The molecule has 0 fully saturated rings. The minimum atomic E-state index is 1.50. The van der Waals surface area contributed by atoms with Crippen LogP contribution < -0.4 is 0 Å². The van der Waals surface area contributed by atoms with Gasteiger partial charge in [0.25, 0.3) is 0 Å². The maximum Gasteiger partial charge on any atom is 0.115 e. The fourth-order valence-corrected chi connectivity index (χ4v) is 0.599. The van der Waals surface area contributed by atoms with Crippen LogP contribution in [0.25, 0.3) is 0 Å². The first-order valence-corrected chi connectivity index (χ1v) is 3.53. The van der Waals surface area contributed by atoms with Crippen molar-refractivity contribution in [3.63, 3.8) is 0 Å². The zero-order chi connectivity index (χ0) is 8.65. The molecular formula is C8H10N4. The maximum absolute atomic E-state index is 3.83. The first-order chi connectivity index (χ1) is 5.89. The third-order valence-electron chi connectivity index (χ3n) is 1.11. The van der Waals surface area contributed by atoms with Crippen molar-refractivity contribution in [3.8, 4) is 0 Å². The number of rotatable bonds is 0. The molecule has 0 aliphatic carbocycles. The smallest absolute Gasteiger partial charge is 0.115 e. The number of hydrogen-bond acceptors (Lipinski definition) is 3. The van der Waals surface area contributed by atoms with Crippen LogP contribution in [0, 0.1) is 0 Å². The first-order valence-electron chi connectivity index (χ1n) is 3.53. The summed E-state index contributed by atoms with van der Waals surface area (Å²) in [6, 6.07) is 3.67. The van der Waals surface area contributed by atoms with Crippen LogP contribution in [0.2, 0.25) is 0 Å². The van der Waals surface area contributed by atoms with Gasteiger partial charge >= 0.3 is 0 Å². The summed E-state index contributed by atoms with van der Waals surface area (Å²) < 4.78 is 1.75. The Kier molecular flexibility index (Phi) is 3.50. The fourth-order valence-electron chi connectivity index (χ4n) is 0.599. The molecule has 0 N–H and O–H groups in total. The Morgan fingerprint density at radius 2 is 1.75 bits per heavy atom. The Balaban J connectivity index is 0.000000120. The van der Waals surface area contributed by atoms with E-state index in [0.29, 0.717) is 0 Å². The summed E-state index contributed by atoms with van der Waals surface area (Å²) >= 11 is 0. The highest BCUT2D eigenvalue weighted by molar-refractivity contribution is 4.75. The van der Waals surface area contributed by atoms with Crippen molar-refractivity contribution in [3.05, 3.63) is 43.2 Å². The lowest BCUT2D eigenvalue weighted by Gasteiger charge is -1.77. The highest BCUT2D eigenvalue weighted by Crippen LogP contribution is 1.73. The lowest BCUT2D eigenvalue weighted by Crippen LogP contribution is -1.83. The molecule has 2 rings (SSSR count). The Hall–Kier alpha value is -1.71. The molecule has 0 unspecified atom stereocenters. The van der Waals surface area contributed by atoms with Crippen molar-refractivity contribution in [1.29, 1.82) is 0 Å². The van der Waals surface area contributed by atoms with E-state index in [0.717, 1.165) is 0 Å². The molecular weight excluding hydrogens is 152 g/mol. The second kappa shape index (κ2) is 5.01. The average molecular weight is 162 g/mol. The average Bonchev–Trinajstić information content (AvgIpc) is 2.60. The standard InChI is InChI=1S/C4H6N2.C4H4N2/c1-6-4-2-3-5-6;1-2-5-4-6-3-1/h2-4H,1H3;1-4H. The van der Waals surface area contributed by atoms with E-state index >= 15 is 0 Å². The van der Waals surface area contributed by atoms with E-state index < -0.39 is 0 Å². The van der Waals surface area contributed by atoms with Crippen LogP contribution in [0.15, 0.2) is 43.2 Å². The predicted molar refractivity (Wildman–Crippen MR) is 45.2 cm³/mol. The summed E-state index contributed by atoms with van der Waals surface area (Å²) in [5.74, 6) is 0. The van der Waals surface area contributed by atoms with Crippen molar-refractivity contribution >= 4 is 0 Å². The van der Waals surface area contributed by atoms with Gasteiger partial charge in [0.1, 0.15) is 6.33 Å². The molecule has 0 bridgehead atoms. The topological polar surface area (TPSA) is 43.6 Å². The quantitative estimate of drug-likeness (QED) is 0.578. The van der Waals surface area contributed by atoms with Crippen molar-refractivity contribution in [2.24, 2.45) is 7.05 Å². The first kappa shape index (κ1) is 8.39. The number of aromatic nitrogens is 4. The van der Waals surface area contributed by atoms with Crippen LogP contribution in [0.1, 0.15) is 0 Å². The summed E-state index contributed by atoms with van der Waals surface area (Å²) in [6.07, 6.45) is 8.51. The third kappa shape index (κ3) is 3.46. The maximum atomic E-state index is 3.83. The monoisotopic (exact) mass is 162 g/mol. The van der Waals surface area contributed by atoms with Gasteiger partial charge in [-0.25, -0.2) is 9.97 Å². The molecule has 12 heavy (non-hydrogen) atoms. The lowest BCUT2D eigenvalue weighted by molar-refractivity contribution is 0.768. The van der Waals surface area contributed by atoms with E-state index in [1.807, 2.05) is 19.3 Å². The third-order valence-corrected chi connectivity index (χ3v) is 1.11. The minimum Gasteiger partial charge on any atom is -0.276 e. The van der Waals surface area contributed by atoms with Crippen LogP contribution in [0.4, 0.5) is 0 Å². The molecule has 0 saturated carbocycles. The molecule has 4 nitrogen and oxygen atoms in total. The normalized spacial score (nSPS) is 8.42. The van der Waals surface area contributed by atoms with Crippen molar-refractivity contribution in [2.75, 3.05) is 0 Å². The predicted octanol–water partition coefficient (Wildman–Crippen LogP) is 0.897. The Labute approximate surface area is 70.9 Å². The molecule has 2 aromatic heterocycles. The van der Waals surface area contributed by atoms with E-state index in [9.17, 15) is 0 Å². The molecule has 0 atom stereocenters. The van der Waals surface area contributed by atoms with Crippen LogP contribution in [-0.4, -0.2) is 19.7 Å². The Bertz CT molecular complexity index is 250. The number of nitrogens with zero attached hydrogens (tertiary/aromatic N) is 4. The van der Waals surface area contributed by atoms with Gasteiger partial charge in [0.2, 0.25) is 0 Å². The van der Waals surface area contributed by atoms with E-state index in [-0.39, 0.29) is 0 Å². The molecule has 0 amide bonds. The highest BCUT2D eigenvalue weighted by Gasteiger charge is 1.69. The van der Waals surface area contributed by atoms with E-state index in [1.54, 1.807) is 29.3 Å². The minimum absolute atomic E-state index is 1.50. The van der Waals surface area contributed by atoms with E-state index in [4.69, 9.17) is 0 Å². The van der Waals surface area contributed by atoms with Crippen LogP contribution in [-0.2, 0) is 7.05 Å². The van der Waals surface area contributed by atoms with Gasteiger partial charge in [-0.15, -0.1) is 0 Å². The van der Waals surface area contributed by atoms with Crippen molar-refractivity contribution < 1.29 is 0 Å². The molecule has 2 heterocycles. The van der Waals surface area contributed by atoms with Crippen molar-refractivity contribution in [2.45, 2.75) is 0 Å². The molecule has 0 saturated heterocycles. The van der Waals surface area contributed by atoms with Crippen LogP contribution >= 0.6 is 0 Å². The molecule has 0 spiro atoms. The van der Waals surface area contributed by atoms with Gasteiger partial charge < -0.3 is 0 Å². The molecule has 0 radical (unpaired) electrons. The number of aryl methyl sites for hydroxylation is 1. The van der Waals surface area contributed by atoms with E-state index in [1.165, 1.54) is 6.33 Å². The second-order valence-corrected chi connectivity index (χ2v) is 2.08. The Morgan fingerprint density at radius 3 is 1.92 bits per heavy atom. The van der Waals surface area contributed by atoms with Gasteiger partial charge in [-0.05, 0) is 12.1 Å². The van der Waals surface area contributed by atoms with Gasteiger partial charge in [0.15, 0.2) is 0 Å². The fraction of sp³-hybridized carbons (Fsp3) is 0.125. The molecule has 4 heteroatoms. The van der Waals surface area contributed by atoms with Gasteiger partial charge in [-0.2, -0.15) is 5.10 Å². The largest absolute Gasteiger partial charge is 0.276 e. The molecule has 62 valence electrons. The zero-order valence-corrected chi connectivity index (χ0v) is 6.83. The van der Waals surface area contributed by atoms with Gasteiger partial charge in [0.05, 0.1) is 0 Å². The van der Waals surface area contributed by atoms with Crippen molar-refractivity contribution in [1.82, 2.24) is 19.7 Å².